The lowest BCUT2D eigenvalue weighted by atomic mass is 9.85. The molecule has 1 saturated carbocycles. The van der Waals surface area contributed by atoms with Gasteiger partial charge in [0, 0.05) is 12.6 Å². The fourth-order valence-corrected chi connectivity index (χ4v) is 4.02. The van der Waals surface area contributed by atoms with Crippen LogP contribution in [0.1, 0.15) is 50.7 Å². The van der Waals surface area contributed by atoms with E-state index in [1.165, 1.54) is 32.1 Å². The maximum absolute atomic E-state index is 9.62. The zero-order chi connectivity index (χ0) is 13.4. The summed E-state index contributed by atoms with van der Waals surface area (Å²) >= 11 is 6.43. The van der Waals surface area contributed by atoms with Gasteiger partial charge in [0.2, 0.25) is 0 Å². The molecule has 1 heterocycles. The molecule has 104 valence electrons. The third-order valence-corrected chi connectivity index (χ3v) is 5.08. The number of nitrogens with zero attached hydrogens (tertiary/aromatic N) is 1. The van der Waals surface area contributed by atoms with Crippen LogP contribution in [0.25, 0.3) is 0 Å². The van der Waals surface area contributed by atoms with Crippen molar-refractivity contribution in [2.24, 2.45) is 5.92 Å². The van der Waals surface area contributed by atoms with E-state index in [1.807, 2.05) is 12.1 Å². The van der Waals surface area contributed by atoms with Crippen LogP contribution in [0.15, 0.2) is 18.2 Å². The highest BCUT2D eigenvalue weighted by Crippen LogP contribution is 2.41. The van der Waals surface area contributed by atoms with Crippen LogP contribution in [0.2, 0.25) is 5.02 Å². The number of rotatable bonds is 2. The van der Waals surface area contributed by atoms with E-state index >= 15 is 0 Å². The molecule has 1 saturated heterocycles. The predicted molar refractivity (Wildman–Crippen MR) is 79.8 cm³/mol. The second-order valence-corrected chi connectivity index (χ2v) is 6.39. The predicted octanol–water partition coefficient (Wildman–Crippen LogP) is 4.16. The molecule has 1 N–H and O–H groups in total. The van der Waals surface area contributed by atoms with Crippen molar-refractivity contribution in [2.75, 3.05) is 11.4 Å². The van der Waals surface area contributed by atoms with Crippen LogP contribution in [0, 0.1) is 5.92 Å². The molecule has 0 spiro atoms. The summed E-state index contributed by atoms with van der Waals surface area (Å²) in [7, 11) is 0. The molecule has 1 aliphatic heterocycles. The zero-order valence-corrected chi connectivity index (χ0v) is 12.2. The third-order valence-electron chi connectivity index (χ3n) is 4.77. The van der Waals surface area contributed by atoms with Crippen molar-refractivity contribution in [3.63, 3.8) is 0 Å². The van der Waals surface area contributed by atoms with E-state index in [9.17, 15) is 5.11 Å². The first-order valence-electron chi connectivity index (χ1n) is 7.41. The molecule has 2 unspecified atom stereocenters. The molecule has 1 aliphatic carbocycles. The number of halogens is 1. The number of aliphatic hydroxyl groups excluding tert-OH is 1. The van der Waals surface area contributed by atoms with Gasteiger partial charge in [0.05, 0.1) is 16.8 Å². The van der Waals surface area contributed by atoms with Gasteiger partial charge in [-0.3, -0.25) is 0 Å². The Kier molecular flexibility index (Phi) is 3.72. The van der Waals surface area contributed by atoms with Crippen LogP contribution >= 0.6 is 11.6 Å². The minimum atomic E-state index is -0.451. The fourth-order valence-electron chi connectivity index (χ4n) is 3.72. The molecule has 2 fully saturated rings. The minimum absolute atomic E-state index is 0.451. The Balaban J connectivity index is 1.86. The molecule has 2 nitrogen and oxygen atoms in total. The Labute approximate surface area is 120 Å². The van der Waals surface area contributed by atoms with E-state index in [1.54, 1.807) is 6.92 Å². The molecule has 0 radical (unpaired) electrons. The summed E-state index contributed by atoms with van der Waals surface area (Å²) in [6, 6.07) is 6.69. The topological polar surface area (TPSA) is 23.5 Å². The van der Waals surface area contributed by atoms with Crippen molar-refractivity contribution >= 4 is 17.3 Å². The molecule has 3 heteroatoms. The normalized spacial score (nSPS) is 28.3. The third kappa shape index (κ3) is 2.48. The van der Waals surface area contributed by atoms with Crippen molar-refractivity contribution < 1.29 is 5.11 Å². The highest BCUT2D eigenvalue weighted by atomic mass is 35.5. The van der Waals surface area contributed by atoms with Gasteiger partial charge in [-0.05, 0) is 49.8 Å². The lowest BCUT2D eigenvalue weighted by molar-refractivity contribution is 0.199. The maximum atomic E-state index is 9.62. The van der Waals surface area contributed by atoms with Crippen molar-refractivity contribution in [3.8, 4) is 0 Å². The first-order chi connectivity index (χ1) is 9.16. The summed E-state index contributed by atoms with van der Waals surface area (Å²) < 4.78 is 0. The lowest BCUT2D eigenvalue weighted by Crippen LogP contribution is -2.34. The highest BCUT2D eigenvalue weighted by molar-refractivity contribution is 6.33. The van der Waals surface area contributed by atoms with Gasteiger partial charge in [0.1, 0.15) is 0 Å². The van der Waals surface area contributed by atoms with Crippen molar-refractivity contribution in [1.29, 1.82) is 0 Å². The Morgan fingerprint density at radius 3 is 2.79 bits per heavy atom. The zero-order valence-electron chi connectivity index (χ0n) is 11.5. The lowest BCUT2D eigenvalue weighted by Gasteiger charge is -2.33. The van der Waals surface area contributed by atoms with Crippen molar-refractivity contribution in [3.05, 3.63) is 28.8 Å². The highest BCUT2D eigenvalue weighted by Gasteiger charge is 2.36. The number of aliphatic hydroxyl groups is 1. The molecule has 0 aromatic heterocycles. The number of benzene rings is 1. The van der Waals surface area contributed by atoms with Gasteiger partial charge in [0.25, 0.3) is 0 Å². The number of anilines is 1. The standard InChI is InChI=1S/C16H22ClNO/c1-11(19)13-6-7-16(14(17)10-13)18-9-8-12-4-2-3-5-15(12)18/h6-7,10-12,15,19H,2-5,8-9H2,1H3/t11-,12?,15?/m0/s1. The van der Waals surface area contributed by atoms with Crippen molar-refractivity contribution in [2.45, 2.75) is 51.2 Å². The molecule has 19 heavy (non-hydrogen) atoms. The Bertz CT molecular complexity index is 460. The van der Waals surface area contributed by atoms with Gasteiger partial charge in [-0.1, -0.05) is 30.5 Å². The second kappa shape index (κ2) is 5.34. The van der Waals surface area contributed by atoms with Crippen LogP contribution in [-0.2, 0) is 0 Å². The summed E-state index contributed by atoms with van der Waals surface area (Å²) in [4.78, 5) is 2.50. The smallest absolute Gasteiger partial charge is 0.0762 e. The van der Waals surface area contributed by atoms with Gasteiger partial charge in [-0.2, -0.15) is 0 Å². The van der Waals surface area contributed by atoms with E-state index in [0.29, 0.717) is 6.04 Å². The molecule has 0 bridgehead atoms. The molecule has 0 amide bonds. The van der Waals surface area contributed by atoms with Crippen LogP contribution in [0.5, 0.6) is 0 Å². The number of hydrogen-bond acceptors (Lipinski definition) is 2. The van der Waals surface area contributed by atoms with Gasteiger partial charge >= 0.3 is 0 Å². The fraction of sp³-hybridized carbons (Fsp3) is 0.625. The molecule has 3 rings (SSSR count). The Hall–Kier alpha value is -0.730. The Morgan fingerprint density at radius 2 is 2.05 bits per heavy atom. The summed E-state index contributed by atoms with van der Waals surface area (Å²) in [6.45, 7) is 2.90. The number of hydrogen-bond donors (Lipinski definition) is 1. The van der Waals surface area contributed by atoms with Crippen LogP contribution in [0.3, 0.4) is 0 Å². The first-order valence-corrected chi connectivity index (χ1v) is 7.79. The second-order valence-electron chi connectivity index (χ2n) is 5.98. The van der Waals surface area contributed by atoms with Crippen molar-refractivity contribution in [1.82, 2.24) is 0 Å². The molecular weight excluding hydrogens is 258 g/mol. The average molecular weight is 280 g/mol. The summed E-state index contributed by atoms with van der Waals surface area (Å²) in [5, 5.41) is 10.4. The molecular formula is C16H22ClNO. The van der Waals surface area contributed by atoms with Crippen LogP contribution in [-0.4, -0.2) is 17.7 Å². The van der Waals surface area contributed by atoms with Crippen LogP contribution in [0.4, 0.5) is 5.69 Å². The summed E-state index contributed by atoms with van der Waals surface area (Å²) in [5.41, 5.74) is 2.05. The minimum Gasteiger partial charge on any atom is -0.389 e. The number of fused-ring (bicyclic) bond motifs is 1. The molecule has 1 aromatic rings. The van der Waals surface area contributed by atoms with Gasteiger partial charge in [-0.25, -0.2) is 0 Å². The maximum Gasteiger partial charge on any atom is 0.0762 e. The van der Waals surface area contributed by atoms with E-state index < -0.39 is 6.10 Å². The van der Waals surface area contributed by atoms with Gasteiger partial charge in [0.15, 0.2) is 0 Å². The molecule has 3 atom stereocenters. The van der Waals surface area contributed by atoms with Crippen LogP contribution < -0.4 is 4.90 Å². The van der Waals surface area contributed by atoms with Gasteiger partial charge in [-0.15, -0.1) is 0 Å². The summed E-state index contributed by atoms with van der Waals surface area (Å²) in [6.07, 6.45) is 6.28. The van der Waals surface area contributed by atoms with Gasteiger partial charge < -0.3 is 10.0 Å². The quantitative estimate of drug-likeness (QED) is 0.879. The summed E-state index contributed by atoms with van der Waals surface area (Å²) in [5.74, 6) is 0.862. The molecule has 2 aliphatic rings. The van der Waals surface area contributed by atoms with E-state index in [0.717, 1.165) is 28.7 Å². The SMILES string of the molecule is C[C@H](O)c1ccc(N2CCC3CCCCC32)c(Cl)c1. The van der Waals surface area contributed by atoms with E-state index in [-0.39, 0.29) is 0 Å². The Morgan fingerprint density at radius 1 is 1.26 bits per heavy atom. The van der Waals surface area contributed by atoms with E-state index in [2.05, 4.69) is 11.0 Å². The largest absolute Gasteiger partial charge is 0.389 e. The monoisotopic (exact) mass is 279 g/mol. The van der Waals surface area contributed by atoms with E-state index in [4.69, 9.17) is 11.6 Å². The molecule has 1 aromatic carbocycles. The first kappa shape index (κ1) is 13.3. The average Bonchev–Trinajstić information content (AvgIpc) is 2.82.